The molecule has 1 aromatic carbocycles. The van der Waals surface area contributed by atoms with E-state index in [0.717, 1.165) is 11.3 Å². The number of carbonyl (C=O) groups is 2. The van der Waals surface area contributed by atoms with E-state index in [1.807, 2.05) is 25.7 Å². The van der Waals surface area contributed by atoms with Crippen molar-refractivity contribution in [3.05, 3.63) is 51.9 Å². The summed E-state index contributed by atoms with van der Waals surface area (Å²) in [5.74, 6) is 0.380. The predicted molar refractivity (Wildman–Crippen MR) is 98.3 cm³/mol. The zero-order chi connectivity index (χ0) is 18.8. The average molecular weight is 376 g/mol. The van der Waals surface area contributed by atoms with Crippen LogP contribution in [0.1, 0.15) is 40.2 Å². The fourth-order valence-electron chi connectivity index (χ4n) is 3.41. The van der Waals surface area contributed by atoms with Crippen LogP contribution in [0.3, 0.4) is 0 Å². The first kappa shape index (κ1) is 18.5. The molecule has 1 aliphatic heterocycles. The van der Waals surface area contributed by atoms with E-state index in [2.05, 4.69) is 5.16 Å². The second kappa shape index (κ2) is 7.50. The van der Waals surface area contributed by atoms with E-state index in [1.165, 1.54) is 0 Å². The van der Waals surface area contributed by atoms with Crippen molar-refractivity contribution in [1.29, 1.82) is 0 Å². The summed E-state index contributed by atoms with van der Waals surface area (Å²) in [5, 5.41) is 4.53. The number of aromatic nitrogens is 1. The third-order valence-electron chi connectivity index (χ3n) is 4.86. The van der Waals surface area contributed by atoms with Gasteiger partial charge in [-0.1, -0.05) is 16.8 Å². The Hall–Kier alpha value is -2.34. The second-order valence-corrected chi connectivity index (χ2v) is 7.02. The van der Waals surface area contributed by atoms with Crippen LogP contribution in [0.2, 0.25) is 5.02 Å². The molecule has 0 aliphatic carbocycles. The van der Waals surface area contributed by atoms with Crippen molar-refractivity contribution in [2.24, 2.45) is 0 Å². The molecule has 0 saturated carbocycles. The van der Waals surface area contributed by atoms with Gasteiger partial charge in [-0.3, -0.25) is 9.59 Å². The number of piperazine rings is 1. The first-order valence-corrected chi connectivity index (χ1v) is 9.02. The Labute approximate surface area is 157 Å². The number of aryl methyl sites for hydroxylation is 2. The van der Waals surface area contributed by atoms with Crippen LogP contribution >= 0.6 is 11.6 Å². The highest BCUT2D eigenvalue weighted by molar-refractivity contribution is 6.30. The molecule has 1 saturated heterocycles. The van der Waals surface area contributed by atoms with E-state index in [1.54, 1.807) is 29.2 Å². The Balaban J connectivity index is 1.62. The Morgan fingerprint density at radius 2 is 1.65 bits per heavy atom. The van der Waals surface area contributed by atoms with Crippen molar-refractivity contribution in [1.82, 2.24) is 15.0 Å². The Morgan fingerprint density at radius 1 is 1.08 bits per heavy atom. The smallest absolute Gasteiger partial charge is 0.253 e. The molecule has 2 heterocycles. The first-order chi connectivity index (χ1) is 12.4. The number of nitrogens with zero attached hydrogens (tertiary/aromatic N) is 3. The molecule has 2 aromatic rings. The van der Waals surface area contributed by atoms with Crippen molar-refractivity contribution in [2.45, 2.75) is 26.7 Å². The molecule has 0 N–H and O–H groups in total. The minimum absolute atomic E-state index is 0.0347. The number of benzene rings is 1. The topological polar surface area (TPSA) is 66.7 Å². The van der Waals surface area contributed by atoms with Crippen LogP contribution in [0.25, 0.3) is 0 Å². The molecule has 1 unspecified atom stereocenters. The lowest BCUT2D eigenvalue weighted by Crippen LogP contribution is -2.51. The highest BCUT2D eigenvalue weighted by atomic mass is 35.5. The van der Waals surface area contributed by atoms with Gasteiger partial charge in [-0.15, -0.1) is 0 Å². The van der Waals surface area contributed by atoms with Crippen LogP contribution in [-0.4, -0.2) is 52.9 Å². The standard InChI is InChI=1S/C19H22ClN3O3/c1-12(17-13(2)21-26-14(17)3)18(24)22-8-10-23(11-9-22)19(25)15-4-6-16(20)7-5-15/h4-7,12H,8-11H2,1-3H3. The SMILES string of the molecule is Cc1noc(C)c1C(C)C(=O)N1CCN(C(=O)c2ccc(Cl)cc2)CC1. The molecule has 26 heavy (non-hydrogen) atoms. The monoisotopic (exact) mass is 375 g/mol. The summed E-state index contributed by atoms with van der Waals surface area (Å²) in [6, 6.07) is 6.86. The van der Waals surface area contributed by atoms with E-state index in [4.69, 9.17) is 16.1 Å². The molecule has 1 atom stereocenters. The van der Waals surface area contributed by atoms with Gasteiger partial charge in [0.25, 0.3) is 5.91 Å². The Kier molecular flexibility index (Phi) is 5.32. The molecule has 7 heteroatoms. The van der Waals surface area contributed by atoms with Gasteiger partial charge in [0, 0.05) is 42.3 Å². The summed E-state index contributed by atoms with van der Waals surface area (Å²) < 4.78 is 5.18. The lowest BCUT2D eigenvalue weighted by molar-refractivity contribution is -0.133. The number of rotatable bonds is 3. The van der Waals surface area contributed by atoms with Gasteiger partial charge in [0.05, 0.1) is 11.6 Å². The Morgan fingerprint density at radius 3 is 2.19 bits per heavy atom. The predicted octanol–water partition coefficient (Wildman–Crippen LogP) is 3.03. The van der Waals surface area contributed by atoms with Crippen LogP contribution < -0.4 is 0 Å². The third kappa shape index (κ3) is 3.60. The molecule has 0 spiro atoms. The maximum atomic E-state index is 12.8. The van der Waals surface area contributed by atoms with Crippen LogP contribution in [0, 0.1) is 13.8 Å². The van der Waals surface area contributed by atoms with E-state index < -0.39 is 0 Å². The van der Waals surface area contributed by atoms with Gasteiger partial charge in [0.1, 0.15) is 5.76 Å². The zero-order valence-electron chi connectivity index (χ0n) is 15.2. The van der Waals surface area contributed by atoms with Crippen molar-refractivity contribution in [3.63, 3.8) is 0 Å². The van der Waals surface area contributed by atoms with Crippen LogP contribution in [0.15, 0.2) is 28.8 Å². The van der Waals surface area contributed by atoms with Crippen molar-refractivity contribution in [3.8, 4) is 0 Å². The molecule has 1 aliphatic rings. The summed E-state index contributed by atoms with van der Waals surface area (Å²) in [5.41, 5.74) is 2.22. The van der Waals surface area contributed by atoms with E-state index in [0.29, 0.717) is 42.5 Å². The Bertz CT molecular complexity index is 788. The number of halogens is 1. The maximum absolute atomic E-state index is 12.8. The normalized spacial score (nSPS) is 15.8. The molecule has 0 bridgehead atoms. The van der Waals surface area contributed by atoms with Crippen LogP contribution in [-0.2, 0) is 4.79 Å². The largest absolute Gasteiger partial charge is 0.361 e. The summed E-state index contributed by atoms with van der Waals surface area (Å²) in [6.45, 7) is 7.61. The molecule has 6 nitrogen and oxygen atoms in total. The number of hydrogen-bond donors (Lipinski definition) is 0. The van der Waals surface area contributed by atoms with Crippen molar-refractivity contribution < 1.29 is 14.1 Å². The van der Waals surface area contributed by atoms with Gasteiger partial charge in [0.15, 0.2) is 0 Å². The minimum atomic E-state index is -0.306. The number of carbonyl (C=O) groups excluding carboxylic acids is 2. The van der Waals surface area contributed by atoms with Gasteiger partial charge in [-0.05, 0) is 45.0 Å². The zero-order valence-corrected chi connectivity index (χ0v) is 15.9. The second-order valence-electron chi connectivity index (χ2n) is 6.58. The molecule has 0 radical (unpaired) electrons. The molecule has 2 amide bonds. The molecular weight excluding hydrogens is 354 g/mol. The lowest BCUT2D eigenvalue weighted by atomic mass is 9.97. The average Bonchev–Trinajstić information content (AvgIpc) is 2.99. The minimum Gasteiger partial charge on any atom is -0.361 e. The highest BCUT2D eigenvalue weighted by Crippen LogP contribution is 2.25. The summed E-state index contributed by atoms with van der Waals surface area (Å²) in [7, 11) is 0. The quantitative estimate of drug-likeness (QED) is 0.827. The fraction of sp³-hybridized carbons (Fsp3) is 0.421. The summed E-state index contributed by atoms with van der Waals surface area (Å²) in [6.07, 6.45) is 0. The van der Waals surface area contributed by atoms with Crippen molar-refractivity contribution in [2.75, 3.05) is 26.2 Å². The maximum Gasteiger partial charge on any atom is 0.253 e. The van der Waals surface area contributed by atoms with Gasteiger partial charge in [-0.25, -0.2) is 0 Å². The highest BCUT2D eigenvalue weighted by Gasteiger charge is 2.30. The first-order valence-electron chi connectivity index (χ1n) is 8.65. The number of amides is 2. The molecule has 138 valence electrons. The van der Waals surface area contributed by atoms with Crippen molar-refractivity contribution >= 4 is 23.4 Å². The third-order valence-corrected chi connectivity index (χ3v) is 5.11. The van der Waals surface area contributed by atoms with Gasteiger partial charge >= 0.3 is 0 Å². The number of hydrogen-bond acceptors (Lipinski definition) is 4. The lowest BCUT2D eigenvalue weighted by Gasteiger charge is -2.36. The summed E-state index contributed by atoms with van der Waals surface area (Å²) in [4.78, 5) is 29.0. The van der Waals surface area contributed by atoms with Crippen LogP contribution in [0.5, 0.6) is 0 Å². The van der Waals surface area contributed by atoms with Gasteiger partial charge < -0.3 is 14.3 Å². The van der Waals surface area contributed by atoms with E-state index in [-0.39, 0.29) is 17.7 Å². The van der Waals surface area contributed by atoms with Gasteiger partial charge in [-0.2, -0.15) is 0 Å². The van der Waals surface area contributed by atoms with E-state index in [9.17, 15) is 9.59 Å². The van der Waals surface area contributed by atoms with Gasteiger partial charge in [0.2, 0.25) is 5.91 Å². The molecule has 1 fully saturated rings. The molecule has 1 aromatic heterocycles. The van der Waals surface area contributed by atoms with E-state index >= 15 is 0 Å². The summed E-state index contributed by atoms with van der Waals surface area (Å²) >= 11 is 5.87. The molecular formula is C19H22ClN3O3. The van der Waals surface area contributed by atoms with Crippen LogP contribution in [0.4, 0.5) is 0 Å². The fourth-order valence-corrected chi connectivity index (χ4v) is 3.54. The molecule has 3 rings (SSSR count).